The minimum atomic E-state index is -1.29. The first-order chi connectivity index (χ1) is 22.9. The zero-order chi connectivity index (χ0) is 35.0. The molecule has 3 atom stereocenters. The maximum Gasteiger partial charge on any atom is 0.321 e. The Kier molecular flexibility index (Phi) is 9.47. The Balaban J connectivity index is 1.71. The summed E-state index contributed by atoms with van der Waals surface area (Å²) in [5.74, 6) is -3.83. The molecule has 2 aliphatic heterocycles. The number of hydrogen-bond acceptors (Lipinski definition) is 9. The molecule has 4 heterocycles. The molecule has 0 aromatic carbocycles. The first-order valence-electron chi connectivity index (χ1n) is 15.7. The second kappa shape index (κ2) is 13.4. The van der Waals surface area contributed by atoms with Gasteiger partial charge in [-0.3, -0.25) is 33.8 Å². The van der Waals surface area contributed by atoms with Crippen LogP contribution in [0.2, 0.25) is 0 Å². The normalized spacial score (nSPS) is 22.6. The topological polar surface area (TPSA) is 177 Å². The summed E-state index contributed by atoms with van der Waals surface area (Å²) < 4.78 is 10.0. The Morgan fingerprint density at radius 2 is 1.77 bits per heavy atom. The zero-order valence-corrected chi connectivity index (χ0v) is 27.8. The smallest absolute Gasteiger partial charge is 0.321 e. The number of aromatic nitrogens is 2. The van der Waals surface area contributed by atoms with Crippen molar-refractivity contribution >= 4 is 47.5 Å². The van der Waals surface area contributed by atoms with Crippen molar-refractivity contribution in [2.24, 2.45) is 22.7 Å². The Hall–Kier alpha value is -5.39. The van der Waals surface area contributed by atoms with Gasteiger partial charge in [-0.1, -0.05) is 26.5 Å². The minimum Gasteiger partial charge on any atom is -0.469 e. The SMILES string of the molecule is C=CC1=C(C)C(=CC2=NC(=C3c4[nH]c(Cc5[nH]c(C=O)c(C=O)c5CC)c(C)c4C(=O)C3C(=O)OC)C(CCC(=O)OC)C2C)NC1=O. The number of H-pyrrole nitrogens is 2. The molecule has 1 aliphatic carbocycles. The Labute approximate surface area is 277 Å². The van der Waals surface area contributed by atoms with Crippen molar-refractivity contribution in [2.75, 3.05) is 14.2 Å². The second-order valence-corrected chi connectivity index (χ2v) is 12.1. The molecule has 3 unspecified atom stereocenters. The largest absolute Gasteiger partial charge is 0.469 e. The number of nitrogens with zero attached hydrogens (tertiary/aromatic N) is 1. The fourth-order valence-corrected chi connectivity index (χ4v) is 7.05. The number of rotatable bonds is 11. The number of ketones is 1. The van der Waals surface area contributed by atoms with Gasteiger partial charge in [-0.25, -0.2) is 0 Å². The van der Waals surface area contributed by atoms with Crippen molar-refractivity contribution in [3.05, 3.63) is 86.3 Å². The Morgan fingerprint density at radius 1 is 1.04 bits per heavy atom. The van der Waals surface area contributed by atoms with E-state index in [4.69, 9.17) is 14.5 Å². The van der Waals surface area contributed by atoms with Crippen LogP contribution in [-0.2, 0) is 36.7 Å². The fraction of sp³-hybridized carbons (Fsp3) is 0.361. The summed E-state index contributed by atoms with van der Waals surface area (Å²) >= 11 is 0. The molecule has 0 bridgehead atoms. The van der Waals surface area contributed by atoms with E-state index in [1.54, 1.807) is 19.9 Å². The van der Waals surface area contributed by atoms with Crippen LogP contribution < -0.4 is 5.32 Å². The van der Waals surface area contributed by atoms with Gasteiger partial charge in [-0.05, 0) is 49.5 Å². The average molecular weight is 655 g/mol. The Bertz CT molecular complexity index is 1910. The van der Waals surface area contributed by atoms with E-state index in [1.807, 2.05) is 13.8 Å². The lowest BCUT2D eigenvalue weighted by Gasteiger charge is -2.20. The molecule has 0 spiro atoms. The monoisotopic (exact) mass is 654 g/mol. The predicted molar refractivity (Wildman–Crippen MR) is 176 cm³/mol. The third kappa shape index (κ3) is 5.50. The number of esters is 2. The van der Waals surface area contributed by atoms with E-state index in [-0.39, 0.29) is 30.4 Å². The van der Waals surface area contributed by atoms with E-state index in [0.717, 1.165) is 0 Å². The first-order valence-corrected chi connectivity index (χ1v) is 15.7. The van der Waals surface area contributed by atoms with Crippen LogP contribution in [0.25, 0.3) is 5.57 Å². The van der Waals surface area contributed by atoms with Gasteiger partial charge in [0.1, 0.15) is 5.92 Å². The quantitative estimate of drug-likeness (QED) is 0.182. The highest BCUT2D eigenvalue weighted by atomic mass is 16.5. The van der Waals surface area contributed by atoms with E-state index in [2.05, 4.69) is 21.9 Å². The molecule has 250 valence electrons. The minimum absolute atomic E-state index is 0.0708. The van der Waals surface area contributed by atoms with Gasteiger partial charge in [0, 0.05) is 69.7 Å². The fourth-order valence-electron chi connectivity index (χ4n) is 7.05. The number of carbonyl (C=O) groups is 6. The van der Waals surface area contributed by atoms with Gasteiger partial charge in [-0.2, -0.15) is 0 Å². The number of methoxy groups -OCH3 is 2. The molecule has 3 N–H and O–H groups in total. The van der Waals surface area contributed by atoms with Crippen LogP contribution in [0, 0.1) is 24.7 Å². The van der Waals surface area contributed by atoms with Crippen LogP contribution in [-0.4, -0.2) is 66.1 Å². The van der Waals surface area contributed by atoms with E-state index in [9.17, 15) is 28.8 Å². The molecule has 0 saturated heterocycles. The van der Waals surface area contributed by atoms with Crippen molar-refractivity contribution in [1.29, 1.82) is 0 Å². The molecule has 0 fully saturated rings. The maximum atomic E-state index is 14.1. The summed E-state index contributed by atoms with van der Waals surface area (Å²) in [5.41, 5.74) is 7.05. The lowest BCUT2D eigenvalue weighted by molar-refractivity contribution is -0.142. The number of ether oxygens (including phenoxy) is 2. The van der Waals surface area contributed by atoms with Crippen LogP contribution in [0.15, 0.2) is 46.3 Å². The molecule has 3 aliphatic rings. The van der Waals surface area contributed by atoms with Crippen LogP contribution in [0.4, 0.5) is 0 Å². The van der Waals surface area contributed by atoms with Crippen molar-refractivity contribution in [1.82, 2.24) is 15.3 Å². The van der Waals surface area contributed by atoms with Crippen molar-refractivity contribution in [3.63, 3.8) is 0 Å². The molecule has 0 radical (unpaired) electrons. The lowest BCUT2D eigenvalue weighted by Crippen LogP contribution is -2.24. The van der Waals surface area contributed by atoms with Gasteiger partial charge in [-0.15, -0.1) is 0 Å². The standard InChI is InChI=1S/C36H38N4O8/c1-8-19-16(3)24(40-35(19)45)12-23-17(4)21(10-11-28(43)47-6)32(38-23)30-31(36(46)48-7)34(44)29-18(5)25(39-33(29)30)13-26-20(9-2)22(14-41)27(15-42)37-26/h8,12,14-15,17,21,31,37,39H,1,9-11,13H2,2-7H3,(H,40,45). The molecular formula is C36H38N4O8. The zero-order valence-electron chi connectivity index (χ0n) is 27.8. The summed E-state index contributed by atoms with van der Waals surface area (Å²) in [6.45, 7) is 11.1. The number of aromatic amines is 2. The molecule has 5 rings (SSSR count). The number of carbonyl (C=O) groups excluding carboxylic acids is 6. The number of amides is 1. The molecule has 12 heteroatoms. The summed E-state index contributed by atoms with van der Waals surface area (Å²) in [6, 6.07) is 0. The molecule has 2 aromatic rings. The number of hydrogen-bond donors (Lipinski definition) is 3. The summed E-state index contributed by atoms with van der Waals surface area (Å²) in [4.78, 5) is 87.1. The molecule has 0 saturated carbocycles. The lowest BCUT2D eigenvalue weighted by atomic mass is 9.83. The van der Waals surface area contributed by atoms with E-state index in [1.165, 1.54) is 20.3 Å². The van der Waals surface area contributed by atoms with Crippen molar-refractivity contribution in [2.45, 2.75) is 53.4 Å². The van der Waals surface area contributed by atoms with E-state index >= 15 is 0 Å². The van der Waals surface area contributed by atoms with Crippen LogP contribution in [0.5, 0.6) is 0 Å². The van der Waals surface area contributed by atoms with Crippen molar-refractivity contribution in [3.8, 4) is 0 Å². The van der Waals surface area contributed by atoms with Gasteiger partial charge in [0.05, 0.1) is 31.3 Å². The molecule has 48 heavy (non-hydrogen) atoms. The summed E-state index contributed by atoms with van der Waals surface area (Å²) in [6.07, 6.45) is 5.68. The highest BCUT2D eigenvalue weighted by Crippen LogP contribution is 2.48. The third-order valence-corrected chi connectivity index (χ3v) is 9.70. The second-order valence-electron chi connectivity index (χ2n) is 12.1. The van der Waals surface area contributed by atoms with Crippen LogP contribution in [0.1, 0.15) is 93.0 Å². The molecule has 2 aromatic heterocycles. The Morgan fingerprint density at radius 3 is 2.35 bits per heavy atom. The number of nitrogens with one attached hydrogen (secondary N) is 3. The average Bonchev–Trinajstić information content (AvgIpc) is 3.83. The number of allylic oxidation sites excluding steroid dienone is 3. The summed E-state index contributed by atoms with van der Waals surface area (Å²) in [5, 5.41) is 2.85. The van der Waals surface area contributed by atoms with Gasteiger partial charge >= 0.3 is 11.9 Å². The number of aliphatic imine (C=N–C) groups is 1. The van der Waals surface area contributed by atoms with Crippen LogP contribution >= 0.6 is 0 Å². The predicted octanol–water partition coefficient (Wildman–Crippen LogP) is 4.30. The van der Waals surface area contributed by atoms with E-state index in [0.29, 0.717) is 98.6 Å². The van der Waals surface area contributed by atoms with Gasteiger partial charge < -0.3 is 24.8 Å². The van der Waals surface area contributed by atoms with Crippen molar-refractivity contribution < 1.29 is 38.2 Å². The third-order valence-electron chi connectivity index (χ3n) is 9.70. The first kappa shape index (κ1) is 34.0. The van der Waals surface area contributed by atoms with Gasteiger partial charge in [0.2, 0.25) is 0 Å². The number of aldehydes is 2. The molecule has 1 amide bonds. The molecular weight excluding hydrogens is 616 g/mol. The maximum absolute atomic E-state index is 14.1. The highest BCUT2D eigenvalue weighted by Gasteiger charge is 2.48. The highest BCUT2D eigenvalue weighted by molar-refractivity contribution is 6.24. The van der Waals surface area contributed by atoms with Gasteiger partial charge in [0.25, 0.3) is 5.91 Å². The summed E-state index contributed by atoms with van der Waals surface area (Å²) in [7, 11) is 2.53. The number of Topliss-reactive ketones (excluding diaryl/α,β-unsaturated/α-hetero) is 1. The van der Waals surface area contributed by atoms with Gasteiger partial charge in [0.15, 0.2) is 18.4 Å². The number of fused-ring (bicyclic) bond motifs is 1. The van der Waals surface area contributed by atoms with Crippen LogP contribution in [0.3, 0.4) is 0 Å². The molecule has 12 nitrogen and oxygen atoms in total. The van der Waals surface area contributed by atoms with E-state index < -0.39 is 29.6 Å².